The van der Waals surface area contributed by atoms with Gasteiger partial charge in [0, 0.05) is 19.6 Å². The molecule has 0 unspecified atom stereocenters. The minimum atomic E-state index is 0.0173. The van der Waals surface area contributed by atoms with Crippen LogP contribution in [0, 0.1) is 0 Å². The van der Waals surface area contributed by atoms with Gasteiger partial charge in [-0.05, 0) is 37.5 Å². The number of ether oxygens (including phenoxy) is 1. The Morgan fingerprint density at radius 3 is 2.81 bits per heavy atom. The number of rotatable bonds is 5. The Morgan fingerprint density at radius 1 is 1.33 bits per heavy atom. The van der Waals surface area contributed by atoms with Crippen LogP contribution in [0.25, 0.3) is 0 Å². The number of hydrogen-bond acceptors (Lipinski definition) is 2. The summed E-state index contributed by atoms with van der Waals surface area (Å²) in [5.41, 5.74) is 1.06. The third-order valence-corrected chi connectivity index (χ3v) is 4.10. The van der Waals surface area contributed by atoms with E-state index in [1.165, 1.54) is 19.3 Å². The number of nitrogens with one attached hydrogen (secondary N) is 1. The summed E-state index contributed by atoms with van der Waals surface area (Å²) in [6, 6.07) is 8.28. The zero-order valence-corrected chi connectivity index (χ0v) is 13.1. The molecule has 1 aliphatic rings. The molecule has 4 nitrogen and oxygen atoms in total. The zero-order chi connectivity index (χ0) is 15.1. The topological polar surface area (TPSA) is 41.6 Å². The van der Waals surface area contributed by atoms with Crippen molar-refractivity contribution >= 4 is 6.03 Å². The molecule has 4 heteroatoms. The van der Waals surface area contributed by atoms with Crippen LogP contribution in [0.5, 0.6) is 5.75 Å². The molecular weight excluding hydrogens is 264 g/mol. The summed E-state index contributed by atoms with van der Waals surface area (Å²) < 4.78 is 5.47. The summed E-state index contributed by atoms with van der Waals surface area (Å²) >= 11 is 0. The minimum absolute atomic E-state index is 0.0173. The number of benzene rings is 1. The first-order valence-electron chi connectivity index (χ1n) is 7.93. The largest absolute Gasteiger partial charge is 0.494 e. The monoisotopic (exact) mass is 290 g/mol. The van der Waals surface area contributed by atoms with Gasteiger partial charge in [0.05, 0.1) is 6.61 Å². The molecule has 1 aliphatic carbocycles. The second kappa shape index (κ2) is 7.91. The van der Waals surface area contributed by atoms with Crippen molar-refractivity contribution in [3.63, 3.8) is 0 Å². The first kappa shape index (κ1) is 15.7. The number of carbonyl (C=O) groups excluding carboxylic acids is 1. The lowest BCUT2D eigenvalue weighted by Gasteiger charge is -2.31. The fourth-order valence-electron chi connectivity index (χ4n) is 2.85. The van der Waals surface area contributed by atoms with Crippen LogP contribution in [-0.2, 0) is 6.54 Å². The summed E-state index contributed by atoms with van der Waals surface area (Å²) in [6.07, 6.45) is 6.03. The molecule has 0 saturated heterocycles. The van der Waals surface area contributed by atoms with Gasteiger partial charge in [-0.2, -0.15) is 0 Å². The van der Waals surface area contributed by atoms with E-state index in [-0.39, 0.29) is 6.03 Å². The number of hydrogen-bond donors (Lipinski definition) is 1. The van der Waals surface area contributed by atoms with Crippen LogP contribution in [0.3, 0.4) is 0 Å². The average molecular weight is 290 g/mol. The predicted octanol–water partition coefficient (Wildman–Crippen LogP) is 3.56. The second-order valence-corrected chi connectivity index (χ2v) is 5.64. The van der Waals surface area contributed by atoms with Crippen LogP contribution in [-0.4, -0.2) is 30.6 Å². The molecule has 1 aromatic rings. The van der Waals surface area contributed by atoms with Gasteiger partial charge in [0.15, 0.2) is 0 Å². The first-order valence-corrected chi connectivity index (χ1v) is 7.93. The summed E-state index contributed by atoms with van der Waals surface area (Å²) in [7, 11) is 1.90. The van der Waals surface area contributed by atoms with Crippen molar-refractivity contribution in [1.29, 1.82) is 0 Å². The minimum Gasteiger partial charge on any atom is -0.494 e. The quantitative estimate of drug-likeness (QED) is 0.901. The molecule has 0 aromatic heterocycles. The summed E-state index contributed by atoms with van der Waals surface area (Å²) in [5.74, 6) is 0.852. The first-order chi connectivity index (χ1) is 10.2. The van der Waals surface area contributed by atoms with Crippen LogP contribution in [0.1, 0.15) is 44.6 Å². The lowest BCUT2D eigenvalue weighted by molar-refractivity contribution is 0.173. The highest BCUT2D eigenvalue weighted by Crippen LogP contribution is 2.21. The van der Waals surface area contributed by atoms with Crippen molar-refractivity contribution < 1.29 is 9.53 Å². The number of amides is 2. The molecule has 0 radical (unpaired) electrons. The Morgan fingerprint density at radius 2 is 2.10 bits per heavy atom. The molecular formula is C17H26N2O2. The van der Waals surface area contributed by atoms with Gasteiger partial charge >= 0.3 is 6.03 Å². The standard InChI is InChI=1S/C17H26N2O2/c1-3-21-16-11-7-8-14(12-16)13-18-17(20)19(2)15-9-5-4-6-10-15/h7-8,11-12,15H,3-6,9-10,13H2,1-2H3,(H,18,20). The molecule has 1 aromatic carbocycles. The van der Waals surface area contributed by atoms with E-state index >= 15 is 0 Å². The van der Waals surface area contributed by atoms with Gasteiger partial charge in [0.1, 0.15) is 5.75 Å². The number of carbonyl (C=O) groups is 1. The van der Waals surface area contributed by atoms with Crippen LogP contribution < -0.4 is 10.1 Å². The van der Waals surface area contributed by atoms with Crippen LogP contribution in [0.2, 0.25) is 0 Å². The van der Waals surface area contributed by atoms with E-state index in [0.717, 1.165) is 24.2 Å². The van der Waals surface area contributed by atoms with Crippen LogP contribution >= 0.6 is 0 Å². The van der Waals surface area contributed by atoms with Crippen molar-refractivity contribution in [2.75, 3.05) is 13.7 Å². The van der Waals surface area contributed by atoms with E-state index in [0.29, 0.717) is 19.2 Å². The molecule has 1 N–H and O–H groups in total. The number of nitrogens with zero attached hydrogens (tertiary/aromatic N) is 1. The Bertz CT molecular complexity index is 456. The molecule has 0 heterocycles. The normalized spacial score (nSPS) is 15.5. The molecule has 0 spiro atoms. The SMILES string of the molecule is CCOc1cccc(CNC(=O)N(C)C2CCCCC2)c1. The van der Waals surface area contributed by atoms with Crippen LogP contribution in [0.15, 0.2) is 24.3 Å². The molecule has 0 aliphatic heterocycles. The van der Waals surface area contributed by atoms with Gasteiger partial charge in [0.25, 0.3) is 0 Å². The third kappa shape index (κ3) is 4.66. The summed E-state index contributed by atoms with van der Waals surface area (Å²) in [6.45, 7) is 3.16. The molecule has 1 saturated carbocycles. The van der Waals surface area contributed by atoms with E-state index in [2.05, 4.69) is 5.32 Å². The van der Waals surface area contributed by atoms with Crippen molar-refractivity contribution in [2.45, 2.75) is 51.6 Å². The maximum atomic E-state index is 12.2. The van der Waals surface area contributed by atoms with Gasteiger partial charge < -0.3 is 15.0 Å². The summed E-state index contributed by atoms with van der Waals surface area (Å²) in [4.78, 5) is 14.1. The van der Waals surface area contributed by atoms with Crippen molar-refractivity contribution in [3.8, 4) is 5.75 Å². The maximum absolute atomic E-state index is 12.2. The third-order valence-electron chi connectivity index (χ3n) is 4.10. The summed E-state index contributed by atoms with van der Waals surface area (Å²) in [5, 5.41) is 3.00. The van der Waals surface area contributed by atoms with Gasteiger partial charge in [-0.1, -0.05) is 31.4 Å². The molecule has 2 rings (SSSR count). The molecule has 1 fully saturated rings. The predicted molar refractivity (Wildman–Crippen MR) is 84.5 cm³/mol. The van der Waals surface area contributed by atoms with E-state index in [4.69, 9.17) is 4.74 Å². The van der Waals surface area contributed by atoms with Gasteiger partial charge in [0.2, 0.25) is 0 Å². The molecule has 0 bridgehead atoms. The molecule has 116 valence electrons. The van der Waals surface area contributed by atoms with Gasteiger partial charge in [-0.25, -0.2) is 4.79 Å². The van der Waals surface area contributed by atoms with Gasteiger partial charge in [-0.15, -0.1) is 0 Å². The Balaban J connectivity index is 1.83. The Kier molecular flexibility index (Phi) is 5.90. The number of urea groups is 1. The molecule has 0 atom stereocenters. The maximum Gasteiger partial charge on any atom is 0.317 e. The van der Waals surface area contributed by atoms with E-state index < -0.39 is 0 Å². The van der Waals surface area contributed by atoms with Crippen molar-refractivity contribution in [2.24, 2.45) is 0 Å². The van der Waals surface area contributed by atoms with E-state index in [9.17, 15) is 4.79 Å². The second-order valence-electron chi connectivity index (χ2n) is 5.64. The lowest BCUT2D eigenvalue weighted by Crippen LogP contribution is -2.44. The fraction of sp³-hybridized carbons (Fsp3) is 0.588. The molecule has 2 amide bonds. The zero-order valence-electron chi connectivity index (χ0n) is 13.1. The highest BCUT2D eigenvalue weighted by molar-refractivity contribution is 5.74. The fourth-order valence-corrected chi connectivity index (χ4v) is 2.85. The van der Waals surface area contributed by atoms with Crippen molar-refractivity contribution in [1.82, 2.24) is 10.2 Å². The average Bonchev–Trinajstić information content (AvgIpc) is 2.53. The van der Waals surface area contributed by atoms with Crippen molar-refractivity contribution in [3.05, 3.63) is 29.8 Å². The lowest BCUT2D eigenvalue weighted by atomic mass is 9.95. The Hall–Kier alpha value is -1.71. The van der Waals surface area contributed by atoms with Gasteiger partial charge in [-0.3, -0.25) is 0 Å². The molecule has 21 heavy (non-hydrogen) atoms. The smallest absolute Gasteiger partial charge is 0.317 e. The van der Waals surface area contributed by atoms with E-state index in [1.807, 2.05) is 43.1 Å². The van der Waals surface area contributed by atoms with Crippen LogP contribution in [0.4, 0.5) is 4.79 Å². The highest BCUT2D eigenvalue weighted by Gasteiger charge is 2.21. The Labute approximate surface area is 127 Å². The highest BCUT2D eigenvalue weighted by atomic mass is 16.5. The van der Waals surface area contributed by atoms with E-state index in [1.54, 1.807) is 0 Å².